The van der Waals surface area contributed by atoms with Crippen LogP contribution in [-0.2, 0) is 21.1 Å². The summed E-state index contributed by atoms with van der Waals surface area (Å²) in [5.41, 5.74) is 1.95. The first-order valence-electron chi connectivity index (χ1n) is 4.71. The van der Waals surface area contributed by atoms with Crippen LogP contribution in [-0.4, -0.2) is 19.5 Å². The third kappa shape index (κ3) is 2.35. The van der Waals surface area contributed by atoms with Crippen LogP contribution in [0.1, 0.15) is 0 Å². The molecule has 0 aliphatic rings. The van der Waals surface area contributed by atoms with Crippen molar-refractivity contribution in [1.82, 2.24) is 19.5 Å². The third-order valence-corrected chi connectivity index (χ3v) is 2.91. The molecule has 3 heterocycles. The number of aromatic nitrogens is 4. The molecule has 17 heavy (non-hydrogen) atoms. The van der Waals surface area contributed by atoms with Crippen LogP contribution in [0.2, 0.25) is 0 Å². The van der Waals surface area contributed by atoms with E-state index in [1.165, 1.54) is 0 Å². The summed E-state index contributed by atoms with van der Waals surface area (Å²) in [5, 5.41) is 2.78. The predicted octanol–water partition coefficient (Wildman–Crippen LogP) is 2.19. The van der Waals surface area contributed by atoms with Crippen LogP contribution in [0.15, 0.2) is 42.3 Å². The van der Waals surface area contributed by atoms with Crippen molar-refractivity contribution < 1.29 is 21.1 Å². The summed E-state index contributed by atoms with van der Waals surface area (Å²) in [7, 11) is 0. The van der Waals surface area contributed by atoms with E-state index in [0.29, 0.717) is 0 Å². The first kappa shape index (κ1) is 12.1. The van der Waals surface area contributed by atoms with Gasteiger partial charge in [-0.05, 0) is 17.3 Å². The van der Waals surface area contributed by atoms with Crippen LogP contribution in [0.25, 0.3) is 16.4 Å². The summed E-state index contributed by atoms with van der Waals surface area (Å²) in [5.74, 6) is 0. The van der Waals surface area contributed by atoms with Gasteiger partial charge in [0.25, 0.3) is 0 Å². The zero-order valence-electron chi connectivity index (χ0n) is 8.55. The van der Waals surface area contributed by atoms with E-state index in [1.807, 2.05) is 22.1 Å². The van der Waals surface area contributed by atoms with Crippen molar-refractivity contribution in [3.05, 3.63) is 48.6 Å². The molecule has 3 aromatic rings. The molecular weight excluding hydrogens is 415 g/mol. The van der Waals surface area contributed by atoms with E-state index < -0.39 is 0 Å². The molecule has 0 bridgehead atoms. The number of hydrogen-bond acceptors (Lipinski definition) is 4. The van der Waals surface area contributed by atoms with E-state index in [0.717, 1.165) is 16.4 Å². The largest absolute Gasteiger partial charge is 0.403 e. The van der Waals surface area contributed by atoms with Crippen molar-refractivity contribution in [1.29, 1.82) is 0 Å². The molecule has 6 heteroatoms. The molecule has 3 rings (SSSR count). The molecule has 88 valence electrons. The maximum absolute atomic E-state index is 4.23. The molecule has 0 spiro atoms. The van der Waals surface area contributed by atoms with Crippen LogP contribution in [0.5, 0.6) is 0 Å². The van der Waals surface area contributed by atoms with Gasteiger partial charge in [0, 0.05) is 51.4 Å². The van der Waals surface area contributed by atoms with Crippen LogP contribution >= 0.6 is 11.3 Å². The quantitative estimate of drug-likeness (QED) is 0.595. The molecule has 0 saturated carbocycles. The van der Waals surface area contributed by atoms with Gasteiger partial charge in [0.1, 0.15) is 5.13 Å². The molecule has 0 amide bonds. The van der Waals surface area contributed by atoms with Gasteiger partial charge in [-0.2, -0.15) is 11.3 Å². The van der Waals surface area contributed by atoms with Crippen molar-refractivity contribution in [2.45, 2.75) is 0 Å². The summed E-state index contributed by atoms with van der Waals surface area (Å²) in [6.45, 7) is 0. The molecule has 0 unspecified atom stereocenters. The van der Waals surface area contributed by atoms with E-state index >= 15 is 0 Å². The molecule has 0 aliphatic heterocycles. The Morgan fingerprint density at radius 3 is 2.88 bits per heavy atom. The number of nitrogens with zero attached hydrogens (tertiary/aromatic N) is 4. The molecule has 0 atom stereocenters. The zero-order valence-corrected chi connectivity index (χ0v) is 11.6. The Morgan fingerprint density at radius 1 is 1.24 bits per heavy atom. The van der Waals surface area contributed by atoms with Gasteiger partial charge in [0.2, 0.25) is 0 Å². The number of pyridine rings is 1. The molecule has 0 radical (unpaired) electrons. The molecule has 4 nitrogen and oxygen atoms in total. The Balaban J connectivity index is 0.00000108. The number of imidazole rings is 1. The van der Waals surface area contributed by atoms with Crippen molar-refractivity contribution >= 4 is 11.3 Å². The Labute approximate surface area is 117 Å². The monoisotopic (exact) mass is 422 g/mol. The van der Waals surface area contributed by atoms with Crippen molar-refractivity contribution in [2.75, 3.05) is 0 Å². The van der Waals surface area contributed by atoms with E-state index in [2.05, 4.69) is 21.3 Å². The summed E-state index contributed by atoms with van der Waals surface area (Å²) in [4.78, 5) is 12.4. The van der Waals surface area contributed by atoms with Gasteiger partial charge in [-0.3, -0.25) is 9.97 Å². The SMILES string of the molecule is [Pt].[c-]1ncc(-c2cccnc2)n1-c1nccs1. The Hall–Kier alpha value is -1.32. The second-order valence-electron chi connectivity index (χ2n) is 3.14. The molecule has 0 saturated heterocycles. The summed E-state index contributed by atoms with van der Waals surface area (Å²) in [6, 6.07) is 3.89. The Bertz CT molecular complexity index is 577. The second kappa shape index (κ2) is 5.34. The van der Waals surface area contributed by atoms with Crippen molar-refractivity contribution in [2.24, 2.45) is 0 Å². The number of hydrogen-bond donors (Lipinski definition) is 0. The van der Waals surface area contributed by atoms with Gasteiger partial charge in [0.05, 0.1) is 0 Å². The average Bonchev–Trinajstić information content (AvgIpc) is 3.01. The molecular formula is C11H7N4PtS-. The van der Waals surface area contributed by atoms with Crippen LogP contribution in [0.4, 0.5) is 0 Å². The van der Waals surface area contributed by atoms with Crippen LogP contribution < -0.4 is 0 Å². The van der Waals surface area contributed by atoms with E-state index in [1.54, 1.807) is 36.1 Å². The second-order valence-corrected chi connectivity index (χ2v) is 4.01. The normalized spacial score (nSPS) is 9.88. The molecule has 0 aromatic carbocycles. The van der Waals surface area contributed by atoms with Gasteiger partial charge in [0.15, 0.2) is 0 Å². The fourth-order valence-electron chi connectivity index (χ4n) is 1.45. The van der Waals surface area contributed by atoms with Crippen LogP contribution in [0.3, 0.4) is 0 Å². The fraction of sp³-hybridized carbons (Fsp3) is 0. The smallest absolute Gasteiger partial charge is 0.111 e. The first-order valence-corrected chi connectivity index (χ1v) is 5.59. The predicted molar refractivity (Wildman–Crippen MR) is 61.3 cm³/mol. The standard InChI is InChI=1S/C11H7N4S.Pt/c1-2-9(6-12-3-1)10-7-13-8-15(10)11-14-4-5-16-11;/h1-7H;/q-1;. The Morgan fingerprint density at radius 2 is 2.18 bits per heavy atom. The first-order chi connectivity index (χ1) is 7.95. The maximum atomic E-state index is 4.23. The minimum atomic E-state index is 0. The number of rotatable bonds is 2. The van der Waals surface area contributed by atoms with E-state index in [9.17, 15) is 0 Å². The molecule has 0 aliphatic carbocycles. The average molecular weight is 422 g/mol. The van der Waals surface area contributed by atoms with Gasteiger partial charge >= 0.3 is 0 Å². The third-order valence-electron chi connectivity index (χ3n) is 2.15. The minimum absolute atomic E-state index is 0. The van der Waals surface area contributed by atoms with E-state index in [-0.39, 0.29) is 21.1 Å². The van der Waals surface area contributed by atoms with E-state index in [4.69, 9.17) is 0 Å². The van der Waals surface area contributed by atoms with Crippen LogP contribution in [0, 0.1) is 6.33 Å². The fourth-order valence-corrected chi connectivity index (χ4v) is 2.06. The van der Waals surface area contributed by atoms with Gasteiger partial charge in [-0.1, -0.05) is 12.3 Å². The van der Waals surface area contributed by atoms with Crippen molar-refractivity contribution in [3.63, 3.8) is 0 Å². The summed E-state index contributed by atoms with van der Waals surface area (Å²) < 4.78 is 1.84. The molecule has 0 fully saturated rings. The van der Waals surface area contributed by atoms with Gasteiger partial charge < -0.3 is 9.55 Å². The summed E-state index contributed by atoms with van der Waals surface area (Å²) in [6.07, 6.45) is 9.97. The molecule has 0 N–H and O–H groups in total. The topological polar surface area (TPSA) is 43.6 Å². The van der Waals surface area contributed by atoms with Gasteiger partial charge in [-0.25, -0.2) is 0 Å². The van der Waals surface area contributed by atoms with Crippen molar-refractivity contribution in [3.8, 4) is 16.4 Å². The Kier molecular flexibility index (Phi) is 3.81. The zero-order chi connectivity index (χ0) is 10.8. The summed E-state index contributed by atoms with van der Waals surface area (Å²) >= 11 is 1.55. The minimum Gasteiger partial charge on any atom is -0.403 e. The maximum Gasteiger partial charge on any atom is 0.111 e. The molecule has 3 aromatic heterocycles. The van der Waals surface area contributed by atoms with Gasteiger partial charge in [-0.15, -0.1) is 0 Å². The number of thiazole rings is 1.